The minimum Gasteiger partial charge on any atom is -0.310 e. The zero-order valence-electron chi connectivity index (χ0n) is 11.1. The van der Waals surface area contributed by atoms with Gasteiger partial charge in [-0.05, 0) is 44.6 Å². The molecule has 1 aromatic rings. The van der Waals surface area contributed by atoms with E-state index in [1.54, 1.807) is 6.33 Å². The predicted molar refractivity (Wildman–Crippen MR) is 73.6 cm³/mol. The summed E-state index contributed by atoms with van der Waals surface area (Å²) in [7, 11) is 0. The van der Waals surface area contributed by atoms with Crippen LogP contribution in [0.4, 0.5) is 0 Å². The lowest BCUT2D eigenvalue weighted by molar-refractivity contribution is 0.343. The van der Waals surface area contributed by atoms with Gasteiger partial charge >= 0.3 is 0 Å². The molecular formula is C13H23ClN4. The summed E-state index contributed by atoms with van der Waals surface area (Å²) in [6.45, 7) is 5.00. The Morgan fingerprint density at radius 3 is 2.89 bits per heavy atom. The zero-order valence-corrected chi connectivity index (χ0v) is 11.9. The summed E-state index contributed by atoms with van der Waals surface area (Å²) in [5.41, 5.74) is 0. The van der Waals surface area contributed by atoms with Gasteiger partial charge in [-0.2, -0.15) is 5.10 Å². The Labute approximate surface area is 114 Å². The summed E-state index contributed by atoms with van der Waals surface area (Å²) in [5, 5.41) is 8.15. The lowest BCUT2D eigenvalue weighted by Crippen LogP contribution is -2.27. The first-order valence-corrected chi connectivity index (χ1v) is 7.44. The Kier molecular flexibility index (Phi) is 5.45. The van der Waals surface area contributed by atoms with Crippen LogP contribution in [0.1, 0.15) is 44.9 Å². The molecule has 1 N–H and O–H groups in total. The van der Waals surface area contributed by atoms with Gasteiger partial charge < -0.3 is 5.32 Å². The maximum atomic E-state index is 6.11. The molecule has 1 heterocycles. The Balaban J connectivity index is 1.70. The molecule has 5 heteroatoms. The van der Waals surface area contributed by atoms with Crippen LogP contribution >= 0.6 is 11.6 Å². The normalized spacial score (nSPS) is 24.3. The van der Waals surface area contributed by atoms with Crippen molar-refractivity contribution in [2.75, 3.05) is 6.54 Å². The molecule has 1 aliphatic rings. The number of halogens is 1. The molecule has 0 aromatic carbocycles. The minimum absolute atomic E-state index is 0.411. The third-order valence-corrected chi connectivity index (χ3v) is 4.06. The van der Waals surface area contributed by atoms with Gasteiger partial charge in [0.1, 0.15) is 12.2 Å². The summed E-state index contributed by atoms with van der Waals surface area (Å²) in [5.74, 6) is 1.82. The molecule has 18 heavy (non-hydrogen) atoms. The van der Waals surface area contributed by atoms with Crippen LogP contribution in [0.3, 0.4) is 0 Å². The number of hydrogen-bond acceptors (Lipinski definition) is 3. The highest BCUT2D eigenvalue weighted by Gasteiger charge is 2.19. The Bertz CT molecular complexity index is 345. The lowest BCUT2D eigenvalue weighted by Gasteiger charge is -2.25. The molecule has 0 unspecified atom stereocenters. The third-order valence-electron chi connectivity index (χ3n) is 3.62. The van der Waals surface area contributed by atoms with Crippen molar-refractivity contribution in [2.24, 2.45) is 5.92 Å². The minimum atomic E-state index is 0.411. The van der Waals surface area contributed by atoms with E-state index in [0.29, 0.717) is 5.38 Å². The van der Waals surface area contributed by atoms with E-state index in [-0.39, 0.29) is 0 Å². The summed E-state index contributed by atoms with van der Waals surface area (Å²) in [4.78, 5) is 4.30. The number of aryl methyl sites for hydroxylation is 1. The highest BCUT2D eigenvalue weighted by atomic mass is 35.5. The van der Waals surface area contributed by atoms with Gasteiger partial charge in [-0.1, -0.05) is 6.92 Å². The van der Waals surface area contributed by atoms with Gasteiger partial charge in [0.15, 0.2) is 0 Å². The van der Waals surface area contributed by atoms with E-state index in [1.807, 2.05) is 4.68 Å². The molecule has 1 aromatic heterocycles. The maximum absolute atomic E-state index is 6.11. The van der Waals surface area contributed by atoms with E-state index in [2.05, 4.69) is 22.3 Å². The molecule has 0 spiro atoms. The first-order valence-electron chi connectivity index (χ1n) is 7.01. The number of hydrogen-bond donors (Lipinski definition) is 1. The quantitative estimate of drug-likeness (QED) is 0.808. The van der Waals surface area contributed by atoms with Crippen LogP contribution < -0.4 is 5.32 Å². The summed E-state index contributed by atoms with van der Waals surface area (Å²) < 4.78 is 1.99. The average Bonchev–Trinajstić information content (AvgIpc) is 2.80. The van der Waals surface area contributed by atoms with Crippen LogP contribution in [0.2, 0.25) is 0 Å². The van der Waals surface area contributed by atoms with E-state index in [9.17, 15) is 0 Å². The van der Waals surface area contributed by atoms with Crippen LogP contribution in [0.5, 0.6) is 0 Å². The van der Waals surface area contributed by atoms with E-state index in [0.717, 1.165) is 37.8 Å². The molecule has 0 amide bonds. The number of aromatic nitrogens is 3. The summed E-state index contributed by atoms with van der Waals surface area (Å²) in [6, 6.07) is 0. The molecule has 0 saturated heterocycles. The van der Waals surface area contributed by atoms with Crippen LogP contribution in [0.25, 0.3) is 0 Å². The standard InChI is InChI=1S/C13H23ClN4/c1-2-7-18-13(16-10-17-18)9-15-8-11-3-5-12(14)6-4-11/h10-12,15H,2-9H2,1H3. The van der Waals surface area contributed by atoms with Crippen LogP contribution in [-0.4, -0.2) is 26.7 Å². The fourth-order valence-corrected chi connectivity index (χ4v) is 2.79. The Hall–Kier alpha value is -0.610. The number of nitrogens with zero attached hydrogens (tertiary/aromatic N) is 3. The molecule has 4 nitrogen and oxygen atoms in total. The third kappa shape index (κ3) is 3.95. The van der Waals surface area contributed by atoms with Crippen molar-refractivity contribution in [1.29, 1.82) is 0 Å². The number of alkyl halides is 1. The summed E-state index contributed by atoms with van der Waals surface area (Å²) >= 11 is 6.11. The SMILES string of the molecule is CCCn1ncnc1CNCC1CCC(Cl)CC1. The van der Waals surface area contributed by atoms with E-state index in [1.165, 1.54) is 25.7 Å². The van der Waals surface area contributed by atoms with Crippen LogP contribution in [-0.2, 0) is 13.1 Å². The van der Waals surface area contributed by atoms with Gasteiger partial charge in [-0.15, -0.1) is 11.6 Å². The molecule has 0 radical (unpaired) electrons. The average molecular weight is 271 g/mol. The van der Waals surface area contributed by atoms with Gasteiger partial charge in [0.25, 0.3) is 0 Å². The number of rotatable bonds is 6. The van der Waals surface area contributed by atoms with Gasteiger partial charge in [0, 0.05) is 11.9 Å². The smallest absolute Gasteiger partial charge is 0.140 e. The fourth-order valence-electron chi connectivity index (χ4n) is 2.54. The molecule has 2 rings (SSSR count). The van der Waals surface area contributed by atoms with E-state index in [4.69, 9.17) is 11.6 Å². The Morgan fingerprint density at radius 1 is 1.39 bits per heavy atom. The summed E-state index contributed by atoms with van der Waals surface area (Å²) in [6.07, 6.45) is 7.58. The zero-order chi connectivity index (χ0) is 12.8. The van der Waals surface area contributed by atoms with E-state index >= 15 is 0 Å². The number of nitrogens with one attached hydrogen (secondary N) is 1. The van der Waals surface area contributed by atoms with Crippen LogP contribution in [0.15, 0.2) is 6.33 Å². The van der Waals surface area contributed by atoms with Gasteiger partial charge in [0.05, 0.1) is 6.54 Å². The fraction of sp³-hybridized carbons (Fsp3) is 0.846. The van der Waals surface area contributed by atoms with Crippen molar-refractivity contribution < 1.29 is 0 Å². The molecule has 0 aliphatic heterocycles. The van der Waals surface area contributed by atoms with Crippen molar-refractivity contribution in [3.63, 3.8) is 0 Å². The van der Waals surface area contributed by atoms with Gasteiger partial charge in [-0.25, -0.2) is 9.67 Å². The maximum Gasteiger partial charge on any atom is 0.140 e. The molecule has 102 valence electrons. The van der Waals surface area contributed by atoms with Crippen molar-refractivity contribution >= 4 is 11.6 Å². The first-order chi connectivity index (χ1) is 8.79. The second-order valence-corrected chi connectivity index (χ2v) is 5.77. The molecule has 1 aliphatic carbocycles. The molecule has 1 saturated carbocycles. The largest absolute Gasteiger partial charge is 0.310 e. The monoisotopic (exact) mass is 270 g/mol. The van der Waals surface area contributed by atoms with Crippen molar-refractivity contribution in [2.45, 2.75) is 57.5 Å². The second-order valence-electron chi connectivity index (χ2n) is 5.15. The van der Waals surface area contributed by atoms with Crippen molar-refractivity contribution in [3.8, 4) is 0 Å². The first kappa shape index (κ1) is 13.8. The predicted octanol–water partition coefficient (Wildman–Crippen LogP) is 2.58. The molecule has 0 bridgehead atoms. The molecule has 0 atom stereocenters. The second kappa shape index (κ2) is 7.10. The molecular weight excluding hydrogens is 248 g/mol. The van der Waals surface area contributed by atoms with Gasteiger partial charge in [-0.3, -0.25) is 0 Å². The topological polar surface area (TPSA) is 42.7 Å². The van der Waals surface area contributed by atoms with Crippen molar-refractivity contribution in [3.05, 3.63) is 12.2 Å². The van der Waals surface area contributed by atoms with Crippen molar-refractivity contribution in [1.82, 2.24) is 20.1 Å². The molecule has 1 fully saturated rings. The van der Waals surface area contributed by atoms with Gasteiger partial charge in [0.2, 0.25) is 0 Å². The Morgan fingerprint density at radius 2 is 2.17 bits per heavy atom. The lowest BCUT2D eigenvalue weighted by atomic mass is 9.89. The highest BCUT2D eigenvalue weighted by molar-refractivity contribution is 6.20. The highest BCUT2D eigenvalue weighted by Crippen LogP contribution is 2.26. The van der Waals surface area contributed by atoms with E-state index < -0.39 is 0 Å². The van der Waals surface area contributed by atoms with Crippen LogP contribution in [0, 0.1) is 5.92 Å².